The number of piperazine rings is 1. The molecule has 1 aliphatic rings. The Morgan fingerprint density at radius 2 is 1.45 bits per heavy atom. The Morgan fingerprint density at radius 1 is 0.800 bits per heavy atom. The molecule has 6 rings (SSSR count). The summed E-state index contributed by atoms with van der Waals surface area (Å²) < 4.78 is 36.1. The van der Waals surface area contributed by atoms with E-state index in [2.05, 4.69) is 4.90 Å². The maximum atomic E-state index is 13.8. The first-order valence-electron chi connectivity index (χ1n) is 13.3. The number of fused-ring (bicyclic) bond motifs is 2. The van der Waals surface area contributed by atoms with Crippen LogP contribution in [0.25, 0.3) is 27.4 Å². The van der Waals surface area contributed by atoms with Gasteiger partial charge in [-0.2, -0.15) is 4.31 Å². The van der Waals surface area contributed by atoms with Crippen LogP contribution in [-0.2, 0) is 10.0 Å². The Balaban J connectivity index is 1.34. The normalized spacial score (nSPS) is 15.8. The van der Waals surface area contributed by atoms with Crippen LogP contribution in [0.1, 0.15) is 18.8 Å². The minimum atomic E-state index is -3.68. The van der Waals surface area contributed by atoms with Gasteiger partial charge in [0.25, 0.3) is 5.56 Å². The van der Waals surface area contributed by atoms with Gasteiger partial charge in [-0.15, -0.1) is 0 Å². The lowest BCUT2D eigenvalue weighted by atomic mass is 10.1. The summed E-state index contributed by atoms with van der Waals surface area (Å²) in [7, 11) is -2.10. The van der Waals surface area contributed by atoms with Gasteiger partial charge in [0.1, 0.15) is 11.6 Å². The van der Waals surface area contributed by atoms with Crippen molar-refractivity contribution in [2.75, 3.05) is 33.3 Å². The molecule has 1 saturated heterocycles. The second kappa shape index (κ2) is 10.5. The largest absolute Gasteiger partial charge is 0.495 e. The third-order valence-electron chi connectivity index (χ3n) is 7.69. The van der Waals surface area contributed by atoms with Crippen LogP contribution >= 0.6 is 0 Å². The minimum absolute atomic E-state index is 0.172. The van der Waals surface area contributed by atoms with Crippen LogP contribution in [0.5, 0.6) is 5.75 Å². The van der Waals surface area contributed by atoms with Gasteiger partial charge in [-0.25, -0.2) is 13.4 Å². The molecule has 1 unspecified atom stereocenters. The van der Waals surface area contributed by atoms with Gasteiger partial charge in [0.15, 0.2) is 0 Å². The summed E-state index contributed by atoms with van der Waals surface area (Å²) in [5.74, 6) is 1.15. The Bertz CT molecular complexity index is 1870. The molecular weight excluding hydrogens is 524 g/mol. The van der Waals surface area contributed by atoms with Gasteiger partial charge < -0.3 is 4.74 Å². The zero-order valence-electron chi connectivity index (χ0n) is 22.4. The van der Waals surface area contributed by atoms with Crippen molar-refractivity contribution in [3.05, 3.63) is 107 Å². The Hall–Kier alpha value is -4.05. The van der Waals surface area contributed by atoms with E-state index in [0.29, 0.717) is 59.2 Å². The summed E-state index contributed by atoms with van der Waals surface area (Å²) in [6, 6.07) is 27.4. The standard InChI is InChI=1S/C31H30N4O4S/c1-22(30-32-26-14-6-5-13-25(26)31(36)35(30)27-15-7-8-16-28(27)39-2)33-18-20-34(21-19-33)40(37,38)29-17-9-11-23-10-3-4-12-24(23)29/h3-17,22H,18-21H2,1-2H3. The molecule has 40 heavy (non-hydrogen) atoms. The van der Waals surface area contributed by atoms with Gasteiger partial charge in [0, 0.05) is 31.6 Å². The highest BCUT2D eigenvalue weighted by molar-refractivity contribution is 7.89. The molecule has 1 fully saturated rings. The van der Waals surface area contributed by atoms with E-state index in [-0.39, 0.29) is 11.6 Å². The summed E-state index contributed by atoms with van der Waals surface area (Å²) in [6.07, 6.45) is 0. The number of methoxy groups -OCH3 is 1. The second-order valence-corrected chi connectivity index (χ2v) is 11.8. The molecule has 1 atom stereocenters. The second-order valence-electron chi connectivity index (χ2n) is 9.89. The SMILES string of the molecule is COc1ccccc1-n1c(C(C)N2CCN(S(=O)(=O)c3cccc4ccccc34)CC2)nc2ccccc2c1=O. The van der Waals surface area contributed by atoms with Crippen molar-refractivity contribution in [1.29, 1.82) is 0 Å². The fraction of sp³-hybridized carbons (Fsp3) is 0.226. The minimum Gasteiger partial charge on any atom is -0.495 e. The molecule has 8 nitrogen and oxygen atoms in total. The number of sulfonamides is 1. The number of hydrogen-bond donors (Lipinski definition) is 0. The number of hydrogen-bond acceptors (Lipinski definition) is 6. The Kier molecular flexibility index (Phi) is 6.87. The molecule has 0 bridgehead atoms. The number of benzene rings is 4. The molecule has 0 N–H and O–H groups in total. The van der Waals surface area contributed by atoms with E-state index in [1.54, 1.807) is 34.2 Å². The Labute approximate surface area is 233 Å². The summed E-state index contributed by atoms with van der Waals surface area (Å²) in [4.78, 5) is 21.3. The van der Waals surface area contributed by atoms with Crippen molar-refractivity contribution in [3.63, 3.8) is 0 Å². The molecule has 0 amide bonds. The lowest BCUT2D eigenvalue weighted by Crippen LogP contribution is -2.49. The monoisotopic (exact) mass is 554 g/mol. The van der Waals surface area contributed by atoms with Crippen LogP contribution in [0, 0.1) is 0 Å². The van der Waals surface area contributed by atoms with Crippen molar-refractivity contribution in [2.45, 2.75) is 17.9 Å². The van der Waals surface area contributed by atoms with Crippen LogP contribution in [0.3, 0.4) is 0 Å². The van der Waals surface area contributed by atoms with E-state index in [1.807, 2.05) is 79.7 Å². The van der Waals surface area contributed by atoms with Crippen LogP contribution in [0.2, 0.25) is 0 Å². The van der Waals surface area contributed by atoms with E-state index in [1.165, 1.54) is 0 Å². The molecular formula is C31H30N4O4S. The van der Waals surface area contributed by atoms with Crippen molar-refractivity contribution in [1.82, 2.24) is 18.8 Å². The summed E-state index contributed by atoms with van der Waals surface area (Å²) in [5, 5.41) is 2.14. The molecule has 204 valence electrons. The quantitative estimate of drug-likeness (QED) is 0.305. The van der Waals surface area contributed by atoms with Crippen LogP contribution < -0.4 is 10.3 Å². The molecule has 0 radical (unpaired) electrons. The van der Waals surface area contributed by atoms with E-state index < -0.39 is 10.0 Å². The van der Waals surface area contributed by atoms with Crippen LogP contribution in [0.15, 0.2) is 101 Å². The van der Waals surface area contributed by atoms with Gasteiger partial charge in [-0.3, -0.25) is 14.3 Å². The summed E-state index contributed by atoms with van der Waals surface area (Å²) in [5.41, 5.74) is 1.07. The molecule has 1 aromatic heterocycles. The Morgan fingerprint density at radius 3 is 2.23 bits per heavy atom. The smallest absolute Gasteiger partial charge is 0.266 e. The van der Waals surface area contributed by atoms with Crippen molar-refractivity contribution in [3.8, 4) is 11.4 Å². The fourth-order valence-electron chi connectivity index (χ4n) is 5.53. The first-order chi connectivity index (χ1) is 19.4. The highest BCUT2D eigenvalue weighted by Crippen LogP contribution is 2.30. The molecule has 4 aromatic carbocycles. The molecule has 2 heterocycles. The first-order valence-corrected chi connectivity index (χ1v) is 14.7. The number of aromatic nitrogens is 2. The zero-order valence-corrected chi connectivity index (χ0v) is 23.2. The predicted molar refractivity (Wildman–Crippen MR) is 157 cm³/mol. The summed E-state index contributed by atoms with van der Waals surface area (Å²) in [6.45, 7) is 3.68. The molecule has 5 aromatic rings. The number of ether oxygens (including phenoxy) is 1. The maximum Gasteiger partial charge on any atom is 0.266 e. The molecule has 9 heteroatoms. The van der Waals surface area contributed by atoms with Gasteiger partial charge >= 0.3 is 0 Å². The van der Waals surface area contributed by atoms with E-state index in [4.69, 9.17) is 9.72 Å². The lowest BCUT2D eigenvalue weighted by molar-refractivity contribution is 0.140. The van der Waals surface area contributed by atoms with E-state index >= 15 is 0 Å². The average molecular weight is 555 g/mol. The van der Waals surface area contributed by atoms with Crippen LogP contribution in [0.4, 0.5) is 0 Å². The zero-order chi connectivity index (χ0) is 27.9. The highest BCUT2D eigenvalue weighted by atomic mass is 32.2. The fourth-order valence-corrected chi connectivity index (χ4v) is 7.17. The van der Waals surface area contributed by atoms with Crippen LogP contribution in [-0.4, -0.2) is 60.5 Å². The van der Waals surface area contributed by atoms with E-state index in [0.717, 1.165) is 10.8 Å². The van der Waals surface area contributed by atoms with E-state index in [9.17, 15) is 13.2 Å². The number of para-hydroxylation sites is 3. The molecule has 0 spiro atoms. The van der Waals surface area contributed by atoms with Crippen molar-refractivity contribution < 1.29 is 13.2 Å². The van der Waals surface area contributed by atoms with Gasteiger partial charge in [-0.1, -0.05) is 60.7 Å². The predicted octanol–water partition coefficient (Wildman–Crippen LogP) is 4.62. The average Bonchev–Trinajstić information content (AvgIpc) is 3.00. The van der Waals surface area contributed by atoms with Gasteiger partial charge in [0.05, 0.1) is 34.6 Å². The van der Waals surface area contributed by atoms with Crippen molar-refractivity contribution in [2.24, 2.45) is 0 Å². The van der Waals surface area contributed by atoms with Gasteiger partial charge in [-0.05, 0) is 42.6 Å². The summed E-state index contributed by atoms with van der Waals surface area (Å²) >= 11 is 0. The third kappa shape index (κ3) is 4.46. The third-order valence-corrected chi connectivity index (χ3v) is 9.65. The van der Waals surface area contributed by atoms with Gasteiger partial charge in [0.2, 0.25) is 10.0 Å². The van der Waals surface area contributed by atoms with Crippen molar-refractivity contribution >= 4 is 31.7 Å². The lowest BCUT2D eigenvalue weighted by Gasteiger charge is -2.37. The molecule has 0 aliphatic carbocycles. The highest BCUT2D eigenvalue weighted by Gasteiger charge is 2.33. The first kappa shape index (κ1) is 26.2. The number of nitrogens with zero attached hydrogens (tertiary/aromatic N) is 4. The molecule has 0 saturated carbocycles. The molecule has 1 aliphatic heterocycles. The number of rotatable bonds is 6. The topological polar surface area (TPSA) is 84.7 Å². The maximum absolute atomic E-state index is 13.8.